The number of allylic oxidation sites excluding steroid dienone is 1. The zero-order valence-electron chi connectivity index (χ0n) is 15.3. The first-order valence-electron chi connectivity index (χ1n) is 9.80. The highest BCUT2D eigenvalue weighted by molar-refractivity contribution is 5.96. The van der Waals surface area contributed by atoms with Crippen molar-refractivity contribution < 1.29 is 14.3 Å². The van der Waals surface area contributed by atoms with Crippen LogP contribution < -0.4 is 0 Å². The zero-order chi connectivity index (χ0) is 17.1. The number of carbonyl (C=O) groups is 2. The number of hydrogen-bond donors (Lipinski definition) is 0. The molecule has 0 aliphatic heterocycles. The van der Waals surface area contributed by atoms with Gasteiger partial charge in [0.2, 0.25) is 0 Å². The van der Waals surface area contributed by atoms with E-state index in [9.17, 15) is 9.59 Å². The van der Waals surface area contributed by atoms with Crippen LogP contribution in [0.15, 0.2) is 11.6 Å². The molecule has 3 nitrogen and oxygen atoms in total. The van der Waals surface area contributed by atoms with Gasteiger partial charge in [-0.05, 0) is 68.8 Å². The van der Waals surface area contributed by atoms with E-state index >= 15 is 0 Å². The first-order chi connectivity index (χ1) is 11.4. The molecule has 0 radical (unpaired) electrons. The predicted molar refractivity (Wildman–Crippen MR) is 92.5 cm³/mol. The first kappa shape index (κ1) is 16.5. The fourth-order valence-corrected chi connectivity index (χ4v) is 6.52. The third-order valence-electron chi connectivity index (χ3n) is 8.01. The largest absolute Gasteiger partial charge is 0.378 e. The second kappa shape index (κ2) is 5.52. The summed E-state index contributed by atoms with van der Waals surface area (Å²) < 4.78 is 5.85. The van der Waals surface area contributed by atoms with Gasteiger partial charge in [-0.3, -0.25) is 9.59 Å². The topological polar surface area (TPSA) is 43.4 Å². The van der Waals surface area contributed by atoms with Gasteiger partial charge in [-0.1, -0.05) is 19.4 Å². The Morgan fingerprint density at radius 3 is 2.54 bits per heavy atom. The van der Waals surface area contributed by atoms with E-state index in [0.29, 0.717) is 23.9 Å². The van der Waals surface area contributed by atoms with Crippen LogP contribution in [-0.4, -0.2) is 24.3 Å². The second-order valence-corrected chi connectivity index (χ2v) is 8.97. The van der Waals surface area contributed by atoms with Crippen molar-refractivity contribution in [2.45, 2.75) is 71.8 Å². The van der Waals surface area contributed by atoms with E-state index in [4.69, 9.17) is 4.74 Å². The maximum atomic E-state index is 13.1. The average molecular weight is 330 g/mol. The lowest BCUT2D eigenvalue weighted by molar-refractivity contribution is -0.140. The molecular formula is C21H30O3. The van der Waals surface area contributed by atoms with Crippen LogP contribution >= 0.6 is 0 Å². The monoisotopic (exact) mass is 330 g/mol. The molecule has 0 heterocycles. The molecule has 24 heavy (non-hydrogen) atoms. The Balaban J connectivity index is 1.68. The van der Waals surface area contributed by atoms with Crippen LogP contribution in [0.5, 0.6) is 0 Å². The van der Waals surface area contributed by atoms with Crippen LogP contribution in [0.25, 0.3) is 0 Å². The molecule has 4 rings (SSSR count). The van der Waals surface area contributed by atoms with E-state index in [1.807, 2.05) is 13.0 Å². The summed E-state index contributed by atoms with van der Waals surface area (Å²) in [5.41, 5.74) is 1.23. The van der Waals surface area contributed by atoms with E-state index in [1.165, 1.54) is 5.57 Å². The van der Waals surface area contributed by atoms with Gasteiger partial charge in [0.25, 0.3) is 0 Å². The number of hydrogen-bond acceptors (Lipinski definition) is 3. The Morgan fingerprint density at radius 2 is 1.79 bits per heavy atom. The van der Waals surface area contributed by atoms with E-state index in [0.717, 1.165) is 45.1 Å². The van der Waals surface area contributed by atoms with E-state index in [2.05, 4.69) is 13.8 Å². The van der Waals surface area contributed by atoms with Crippen LogP contribution in [0.3, 0.4) is 0 Å². The van der Waals surface area contributed by atoms with Crippen molar-refractivity contribution in [3.63, 3.8) is 0 Å². The number of fused-ring (bicyclic) bond motifs is 5. The number of rotatable bonds is 2. The van der Waals surface area contributed by atoms with E-state index in [-0.39, 0.29) is 28.8 Å². The average Bonchev–Trinajstić information content (AvgIpc) is 2.85. The molecule has 3 heteroatoms. The molecule has 4 aliphatic carbocycles. The lowest BCUT2D eigenvalue weighted by Crippen LogP contribution is -2.53. The minimum atomic E-state index is -0.235. The summed E-state index contributed by atoms with van der Waals surface area (Å²) in [6.07, 6.45) is 8.97. The molecule has 0 spiro atoms. The molecule has 4 aliphatic rings. The van der Waals surface area contributed by atoms with Gasteiger partial charge in [0.1, 0.15) is 5.78 Å². The normalized spacial score (nSPS) is 47.7. The summed E-state index contributed by atoms with van der Waals surface area (Å²) in [6.45, 7) is 7.30. The Labute approximate surface area is 145 Å². The number of ketones is 2. The van der Waals surface area contributed by atoms with E-state index in [1.54, 1.807) is 0 Å². The Morgan fingerprint density at radius 1 is 1.08 bits per heavy atom. The molecule has 0 amide bonds. The van der Waals surface area contributed by atoms with Gasteiger partial charge in [0, 0.05) is 24.4 Å². The highest BCUT2D eigenvalue weighted by atomic mass is 16.5. The van der Waals surface area contributed by atoms with Gasteiger partial charge < -0.3 is 4.74 Å². The van der Waals surface area contributed by atoms with Crippen molar-refractivity contribution in [2.24, 2.45) is 28.6 Å². The van der Waals surface area contributed by atoms with Crippen molar-refractivity contribution in [1.29, 1.82) is 0 Å². The maximum absolute atomic E-state index is 13.1. The number of carbonyl (C=O) groups excluding carboxylic acids is 2. The summed E-state index contributed by atoms with van der Waals surface area (Å²) >= 11 is 0. The molecule has 0 aromatic rings. The number of ether oxygens (including phenoxy) is 1. The molecule has 132 valence electrons. The lowest BCUT2D eigenvalue weighted by atomic mass is 9.48. The molecule has 0 N–H and O–H groups in total. The molecule has 0 aromatic heterocycles. The quantitative estimate of drug-likeness (QED) is 0.765. The van der Waals surface area contributed by atoms with Gasteiger partial charge in [-0.25, -0.2) is 0 Å². The lowest BCUT2D eigenvalue weighted by Gasteiger charge is -2.56. The van der Waals surface area contributed by atoms with Crippen molar-refractivity contribution in [3.05, 3.63) is 11.6 Å². The van der Waals surface area contributed by atoms with Crippen LogP contribution in [0, 0.1) is 28.6 Å². The first-order valence-corrected chi connectivity index (χ1v) is 9.80. The molecular weight excluding hydrogens is 300 g/mol. The smallest absolute Gasteiger partial charge is 0.159 e. The Hall–Kier alpha value is -0.960. The van der Waals surface area contributed by atoms with Crippen molar-refractivity contribution >= 4 is 11.6 Å². The van der Waals surface area contributed by atoms with Crippen molar-refractivity contribution in [2.75, 3.05) is 6.61 Å². The molecule has 0 aromatic carbocycles. The fraction of sp³-hybridized carbons (Fsp3) is 0.810. The minimum Gasteiger partial charge on any atom is -0.378 e. The third kappa shape index (κ3) is 2.13. The molecule has 6 atom stereocenters. The van der Waals surface area contributed by atoms with Crippen LogP contribution in [0.2, 0.25) is 0 Å². The third-order valence-corrected chi connectivity index (χ3v) is 8.01. The Kier molecular flexibility index (Phi) is 3.80. The summed E-state index contributed by atoms with van der Waals surface area (Å²) in [5, 5.41) is 0. The van der Waals surface area contributed by atoms with Crippen LogP contribution in [0.4, 0.5) is 0 Å². The highest BCUT2D eigenvalue weighted by Gasteiger charge is 2.60. The van der Waals surface area contributed by atoms with Crippen LogP contribution in [0.1, 0.15) is 65.7 Å². The maximum Gasteiger partial charge on any atom is 0.159 e. The summed E-state index contributed by atoms with van der Waals surface area (Å²) in [4.78, 5) is 25.5. The van der Waals surface area contributed by atoms with Crippen molar-refractivity contribution in [3.8, 4) is 0 Å². The number of Topliss-reactive ketones (excluding diaryl/α,β-unsaturated/α-hetero) is 1. The standard InChI is InChI=1S/C21H30O3/c1-4-24-14-7-9-20(2)13(11-14)12-17(22)19-15-5-6-18(23)21(15,3)10-8-16(19)20/h12,14-16,19H,4-11H2,1-3H3/t14-,15-,16-,19-,20-,21-/m0/s1. The second-order valence-electron chi connectivity index (χ2n) is 8.97. The fourth-order valence-electron chi connectivity index (χ4n) is 6.52. The van der Waals surface area contributed by atoms with Gasteiger partial charge in [-0.2, -0.15) is 0 Å². The van der Waals surface area contributed by atoms with Crippen LogP contribution in [-0.2, 0) is 14.3 Å². The van der Waals surface area contributed by atoms with Gasteiger partial charge >= 0.3 is 0 Å². The molecule has 3 saturated carbocycles. The van der Waals surface area contributed by atoms with E-state index < -0.39 is 0 Å². The summed E-state index contributed by atoms with van der Waals surface area (Å²) in [5.74, 6) is 1.48. The van der Waals surface area contributed by atoms with Gasteiger partial charge in [0.05, 0.1) is 6.10 Å². The molecule has 0 saturated heterocycles. The summed E-state index contributed by atoms with van der Waals surface area (Å²) in [7, 11) is 0. The van der Waals surface area contributed by atoms with Gasteiger partial charge in [-0.15, -0.1) is 0 Å². The SMILES string of the molecule is CCO[C@H]1CC[C@@]2(C)C(=CC(=O)[C@@H]3[C@@H]2CC[C@]2(C)C(=O)CC[C@@H]32)C1. The minimum absolute atomic E-state index is 0.0765. The highest BCUT2D eigenvalue weighted by Crippen LogP contribution is 2.63. The Bertz CT molecular complexity index is 606. The van der Waals surface area contributed by atoms with Gasteiger partial charge in [0.15, 0.2) is 5.78 Å². The van der Waals surface area contributed by atoms with Crippen molar-refractivity contribution in [1.82, 2.24) is 0 Å². The molecule has 0 unspecified atom stereocenters. The zero-order valence-corrected chi connectivity index (χ0v) is 15.3. The molecule has 0 bridgehead atoms. The summed E-state index contributed by atoms with van der Waals surface area (Å²) in [6, 6.07) is 0. The molecule has 3 fully saturated rings. The predicted octanol–water partition coefficient (Wildman–Crippen LogP) is 4.10.